The summed E-state index contributed by atoms with van der Waals surface area (Å²) in [6.07, 6.45) is -3.89. The molecule has 7 nitrogen and oxygen atoms in total. The predicted octanol–water partition coefficient (Wildman–Crippen LogP) is 3.52. The van der Waals surface area contributed by atoms with E-state index in [1.807, 2.05) is 0 Å². The van der Waals surface area contributed by atoms with Crippen LogP contribution in [0.5, 0.6) is 5.75 Å². The first-order chi connectivity index (χ1) is 13.9. The van der Waals surface area contributed by atoms with Gasteiger partial charge in [-0.15, -0.1) is 0 Å². The molecular weight excluding hydrogens is 389 g/mol. The first-order valence-corrected chi connectivity index (χ1v) is 8.89. The number of imidazole rings is 1. The number of rotatable bonds is 5. The van der Waals surface area contributed by atoms with E-state index in [1.165, 1.54) is 6.07 Å². The van der Waals surface area contributed by atoms with Crippen LogP contribution in [0, 0.1) is 0 Å². The topological polar surface area (TPSA) is 78.3 Å². The van der Waals surface area contributed by atoms with E-state index in [4.69, 9.17) is 9.47 Å². The van der Waals surface area contributed by atoms with Gasteiger partial charge in [-0.2, -0.15) is 13.2 Å². The van der Waals surface area contributed by atoms with Gasteiger partial charge < -0.3 is 14.8 Å². The number of hydrogen-bond donors (Lipinski definition) is 1. The molecule has 1 aromatic carbocycles. The van der Waals surface area contributed by atoms with E-state index in [1.54, 1.807) is 29.8 Å². The van der Waals surface area contributed by atoms with E-state index in [-0.39, 0.29) is 23.8 Å². The molecule has 10 heteroatoms. The maximum Gasteiger partial charge on any atom is 0.433 e. The van der Waals surface area contributed by atoms with Crippen LogP contribution in [-0.2, 0) is 15.7 Å². The number of halogens is 3. The molecule has 1 aliphatic rings. The molecule has 4 rings (SSSR count). The summed E-state index contributed by atoms with van der Waals surface area (Å²) < 4.78 is 51.8. The van der Waals surface area contributed by atoms with Crippen molar-refractivity contribution in [1.29, 1.82) is 0 Å². The highest BCUT2D eigenvalue weighted by molar-refractivity contribution is 5.76. The smallest absolute Gasteiger partial charge is 0.426 e. The van der Waals surface area contributed by atoms with Crippen molar-refractivity contribution in [2.75, 3.05) is 25.6 Å². The first kappa shape index (κ1) is 19.2. The van der Waals surface area contributed by atoms with Crippen molar-refractivity contribution in [3.63, 3.8) is 0 Å². The molecule has 152 valence electrons. The lowest BCUT2D eigenvalue weighted by molar-refractivity contribution is -0.141. The Kier molecular flexibility index (Phi) is 4.87. The van der Waals surface area contributed by atoms with E-state index < -0.39 is 11.9 Å². The number of nitrogens with zero attached hydrogens (tertiary/aromatic N) is 3. The third kappa shape index (κ3) is 3.51. The molecule has 1 saturated heterocycles. The zero-order valence-corrected chi connectivity index (χ0v) is 15.4. The van der Waals surface area contributed by atoms with Crippen LogP contribution in [0.15, 0.2) is 30.3 Å². The Labute approximate surface area is 163 Å². The summed E-state index contributed by atoms with van der Waals surface area (Å²) >= 11 is 0. The Hall–Kier alpha value is -3.14. The van der Waals surface area contributed by atoms with Gasteiger partial charge >= 0.3 is 6.18 Å². The van der Waals surface area contributed by atoms with Gasteiger partial charge in [0.05, 0.1) is 18.0 Å². The van der Waals surface area contributed by atoms with Gasteiger partial charge in [-0.05, 0) is 30.7 Å². The van der Waals surface area contributed by atoms with E-state index in [9.17, 15) is 18.0 Å². The summed E-state index contributed by atoms with van der Waals surface area (Å²) in [4.78, 5) is 19.2. The monoisotopic (exact) mass is 406 g/mol. The number of hydrogen-bond acceptors (Lipinski definition) is 6. The van der Waals surface area contributed by atoms with Gasteiger partial charge in [-0.1, -0.05) is 0 Å². The number of pyridine rings is 1. The van der Waals surface area contributed by atoms with Crippen LogP contribution in [0.3, 0.4) is 0 Å². The number of benzene rings is 1. The second-order valence-corrected chi connectivity index (χ2v) is 6.55. The molecule has 0 aliphatic carbocycles. The van der Waals surface area contributed by atoms with Crippen LogP contribution in [-0.4, -0.2) is 41.3 Å². The highest BCUT2D eigenvalue weighted by atomic mass is 19.4. The van der Waals surface area contributed by atoms with Crippen molar-refractivity contribution in [1.82, 2.24) is 14.5 Å². The molecule has 1 unspecified atom stereocenters. The van der Waals surface area contributed by atoms with Crippen LogP contribution in [0.25, 0.3) is 16.9 Å². The van der Waals surface area contributed by atoms with E-state index in [0.29, 0.717) is 42.4 Å². The van der Waals surface area contributed by atoms with Gasteiger partial charge in [0.1, 0.15) is 17.0 Å². The van der Waals surface area contributed by atoms with Crippen LogP contribution in [0.2, 0.25) is 0 Å². The van der Waals surface area contributed by atoms with Crippen LogP contribution < -0.4 is 10.1 Å². The number of fused-ring (bicyclic) bond motifs is 1. The molecule has 1 atom stereocenters. The Morgan fingerprint density at radius 1 is 1.28 bits per heavy atom. The molecular formula is C19H17F3N4O3. The van der Waals surface area contributed by atoms with Crippen LogP contribution in [0.1, 0.15) is 23.9 Å². The molecule has 0 radical (unpaired) electrons. The second kappa shape index (κ2) is 7.36. The maximum absolute atomic E-state index is 13.2. The van der Waals surface area contributed by atoms with E-state index in [0.717, 1.165) is 6.07 Å². The molecule has 1 fully saturated rings. The lowest BCUT2D eigenvalue weighted by Gasteiger charge is -2.15. The van der Waals surface area contributed by atoms with Crippen LogP contribution >= 0.6 is 0 Å². The van der Waals surface area contributed by atoms with Gasteiger partial charge in [0, 0.05) is 25.6 Å². The summed E-state index contributed by atoms with van der Waals surface area (Å²) in [6.45, 7) is 1.26. The lowest BCUT2D eigenvalue weighted by atomic mass is 10.1. The summed E-state index contributed by atoms with van der Waals surface area (Å²) in [5.41, 5.74) is 0.458. The standard InChI is InChI=1S/C19H17F3N4O3/c1-23-13-3-2-12(8-15(13)29-10-27)26-17(11-6-7-28-9-11)24-14-4-5-16(19(20,21)22)25-18(14)26/h2-5,8,10-11,23H,6-7,9H2,1H3. The van der Waals surface area contributed by atoms with Gasteiger partial charge in [-0.25, -0.2) is 9.97 Å². The minimum Gasteiger partial charge on any atom is -0.426 e. The van der Waals surface area contributed by atoms with Crippen molar-refractivity contribution < 1.29 is 27.4 Å². The Morgan fingerprint density at radius 3 is 2.76 bits per heavy atom. The molecule has 29 heavy (non-hydrogen) atoms. The second-order valence-electron chi connectivity index (χ2n) is 6.55. The Bertz CT molecular complexity index is 1060. The fourth-order valence-corrected chi connectivity index (χ4v) is 3.41. The van der Waals surface area contributed by atoms with Gasteiger partial charge in [0.2, 0.25) is 0 Å². The minimum absolute atomic E-state index is 0.0796. The quantitative estimate of drug-likeness (QED) is 0.654. The Balaban J connectivity index is 1.96. The fourth-order valence-electron chi connectivity index (χ4n) is 3.41. The summed E-state index contributed by atoms with van der Waals surface area (Å²) in [5, 5.41) is 2.90. The first-order valence-electron chi connectivity index (χ1n) is 8.89. The van der Waals surface area contributed by atoms with Gasteiger partial charge in [-0.3, -0.25) is 9.36 Å². The molecule has 0 amide bonds. The van der Waals surface area contributed by atoms with E-state index in [2.05, 4.69) is 15.3 Å². The number of anilines is 1. The molecule has 1 N–H and O–H groups in total. The largest absolute Gasteiger partial charge is 0.433 e. The zero-order chi connectivity index (χ0) is 20.6. The number of carbonyl (C=O) groups is 1. The van der Waals surface area contributed by atoms with Crippen molar-refractivity contribution in [3.05, 3.63) is 41.9 Å². The average Bonchev–Trinajstić information content (AvgIpc) is 3.34. The summed E-state index contributed by atoms with van der Waals surface area (Å²) in [7, 11) is 1.66. The number of nitrogens with one attached hydrogen (secondary N) is 1. The van der Waals surface area contributed by atoms with Crippen molar-refractivity contribution in [2.24, 2.45) is 0 Å². The maximum atomic E-state index is 13.2. The molecule has 2 aromatic heterocycles. The third-order valence-corrected chi connectivity index (χ3v) is 4.78. The van der Waals surface area contributed by atoms with Gasteiger partial charge in [0.15, 0.2) is 11.4 Å². The minimum atomic E-state index is -4.58. The Morgan fingerprint density at radius 2 is 2.10 bits per heavy atom. The number of aromatic nitrogens is 3. The number of alkyl halides is 3. The third-order valence-electron chi connectivity index (χ3n) is 4.78. The van der Waals surface area contributed by atoms with Crippen molar-refractivity contribution >= 4 is 23.3 Å². The van der Waals surface area contributed by atoms with Crippen LogP contribution in [0.4, 0.5) is 18.9 Å². The summed E-state index contributed by atoms with van der Waals surface area (Å²) in [5.74, 6) is 0.707. The molecule has 1 aliphatic heterocycles. The average molecular weight is 406 g/mol. The highest BCUT2D eigenvalue weighted by Crippen LogP contribution is 2.35. The molecule has 3 aromatic rings. The van der Waals surface area contributed by atoms with E-state index >= 15 is 0 Å². The highest BCUT2D eigenvalue weighted by Gasteiger charge is 2.34. The molecule has 3 heterocycles. The fraction of sp³-hybridized carbons (Fsp3) is 0.316. The predicted molar refractivity (Wildman–Crippen MR) is 98.3 cm³/mol. The lowest BCUT2D eigenvalue weighted by Crippen LogP contribution is -2.11. The summed E-state index contributed by atoms with van der Waals surface area (Å²) in [6, 6.07) is 7.16. The number of ether oxygens (including phenoxy) is 2. The molecule has 0 bridgehead atoms. The zero-order valence-electron chi connectivity index (χ0n) is 15.4. The normalized spacial score (nSPS) is 16.9. The SMILES string of the molecule is CNc1ccc(-n2c(C3CCOC3)nc3ccc(C(F)(F)F)nc32)cc1OC=O. The molecule has 0 spiro atoms. The van der Waals surface area contributed by atoms with Crippen molar-refractivity contribution in [2.45, 2.75) is 18.5 Å². The number of carbonyl (C=O) groups excluding carboxylic acids is 1. The van der Waals surface area contributed by atoms with Crippen molar-refractivity contribution in [3.8, 4) is 11.4 Å². The van der Waals surface area contributed by atoms with Gasteiger partial charge in [0.25, 0.3) is 6.47 Å². The molecule has 0 saturated carbocycles.